The standard InChI is InChI=1S/C9H14BrNO4/c1-4-14-9(13)8(7(12)5-10)11-15-6(2)3/h6H,4-5H2,1-3H3/b11-8-. The molecule has 0 aliphatic rings. The van der Waals surface area contributed by atoms with E-state index >= 15 is 0 Å². The molecule has 0 amide bonds. The van der Waals surface area contributed by atoms with Gasteiger partial charge in [0.05, 0.1) is 11.9 Å². The molecule has 15 heavy (non-hydrogen) atoms. The summed E-state index contributed by atoms with van der Waals surface area (Å²) in [5, 5.41) is 3.48. The summed E-state index contributed by atoms with van der Waals surface area (Å²) in [6.07, 6.45) is -0.197. The fourth-order valence-corrected chi connectivity index (χ4v) is 0.888. The van der Waals surface area contributed by atoms with Crippen LogP contribution in [0.1, 0.15) is 20.8 Å². The van der Waals surface area contributed by atoms with Gasteiger partial charge in [0.1, 0.15) is 6.10 Å². The van der Waals surface area contributed by atoms with Gasteiger partial charge in [-0.1, -0.05) is 21.1 Å². The first-order valence-corrected chi connectivity index (χ1v) is 5.65. The first-order chi connectivity index (χ1) is 7.02. The summed E-state index contributed by atoms with van der Waals surface area (Å²) in [5.41, 5.74) is -0.317. The fourth-order valence-electron chi connectivity index (χ4n) is 0.623. The number of halogens is 1. The van der Waals surface area contributed by atoms with E-state index in [9.17, 15) is 9.59 Å². The molecule has 86 valence electrons. The van der Waals surface area contributed by atoms with E-state index in [0.29, 0.717) is 0 Å². The van der Waals surface area contributed by atoms with Crippen LogP contribution in [0.5, 0.6) is 0 Å². The van der Waals surface area contributed by atoms with E-state index in [4.69, 9.17) is 4.84 Å². The lowest BCUT2D eigenvalue weighted by molar-refractivity contribution is -0.136. The van der Waals surface area contributed by atoms with Crippen molar-refractivity contribution < 1.29 is 19.2 Å². The van der Waals surface area contributed by atoms with E-state index < -0.39 is 11.8 Å². The van der Waals surface area contributed by atoms with Crippen LogP contribution in [0.15, 0.2) is 5.16 Å². The molecule has 0 aromatic heterocycles. The highest BCUT2D eigenvalue weighted by atomic mass is 79.9. The van der Waals surface area contributed by atoms with Crippen LogP contribution < -0.4 is 0 Å². The van der Waals surface area contributed by atoms with Crippen molar-refractivity contribution in [2.24, 2.45) is 5.16 Å². The van der Waals surface area contributed by atoms with Crippen LogP contribution in [-0.2, 0) is 19.2 Å². The molecule has 0 saturated carbocycles. The minimum absolute atomic E-state index is 0.00605. The molecular weight excluding hydrogens is 266 g/mol. The Morgan fingerprint density at radius 1 is 1.40 bits per heavy atom. The first-order valence-electron chi connectivity index (χ1n) is 4.53. The Hall–Kier alpha value is -0.910. The Morgan fingerprint density at radius 3 is 2.40 bits per heavy atom. The minimum Gasteiger partial charge on any atom is -0.461 e. The quantitative estimate of drug-likeness (QED) is 0.242. The molecule has 0 aromatic carbocycles. The topological polar surface area (TPSA) is 65.0 Å². The van der Waals surface area contributed by atoms with E-state index in [0.717, 1.165) is 0 Å². The number of ether oxygens (including phenoxy) is 1. The maximum atomic E-state index is 11.3. The monoisotopic (exact) mass is 279 g/mol. The molecule has 0 rings (SSSR count). The highest BCUT2D eigenvalue weighted by Gasteiger charge is 2.21. The van der Waals surface area contributed by atoms with Gasteiger partial charge in [-0.25, -0.2) is 4.79 Å². The van der Waals surface area contributed by atoms with Crippen molar-refractivity contribution in [3.8, 4) is 0 Å². The summed E-state index contributed by atoms with van der Waals surface area (Å²) in [6.45, 7) is 5.32. The highest BCUT2D eigenvalue weighted by Crippen LogP contribution is 1.96. The second-order valence-electron chi connectivity index (χ2n) is 2.87. The summed E-state index contributed by atoms with van der Waals surface area (Å²) in [4.78, 5) is 27.4. The van der Waals surface area contributed by atoms with Gasteiger partial charge in [0, 0.05) is 0 Å². The van der Waals surface area contributed by atoms with Gasteiger partial charge < -0.3 is 9.57 Å². The van der Waals surface area contributed by atoms with E-state index in [-0.39, 0.29) is 23.8 Å². The molecular formula is C9H14BrNO4. The number of hydrogen-bond donors (Lipinski definition) is 0. The SMILES string of the molecule is CCOC(=O)/C(=N\OC(C)C)C(=O)CBr. The van der Waals surface area contributed by atoms with Crippen LogP contribution in [0.4, 0.5) is 0 Å². The molecule has 0 aliphatic heterocycles. The molecule has 0 spiro atoms. The van der Waals surface area contributed by atoms with Crippen molar-refractivity contribution in [1.29, 1.82) is 0 Å². The molecule has 0 aromatic rings. The van der Waals surface area contributed by atoms with Crippen LogP contribution in [0.3, 0.4) is 0 Å². The van der Waals surface area contributed by atoms with Gasteiger partial charge in [0.2, 0.25) is 11.5 Å². The normalized spacial score (nSPS) is 11.4. The van der Waals surface area contributed by atoms with Crippen molar-refractivity contribution in [3.05, 3.63) is 0 Å². The summed E-state index contributed by atoms with van der Waals surface area (Å²) in [7, 11) is 0. The van der Waals surface area contributed by atoms with E-state index in [2.05, 4.69) is 25.8 Å². The average molecular weight is 280 g/mol. The largest absolute Gasteiger partial charge is 0.461 e. The zero-order chi connectivity index (χ0) is 11.8. The highest BCUT2D eigenvalue weighted by molar-refractivity contribution is 9.09. The van der Waals surface area contributed by atoms with Crippen LogP contribution >= 0.6 is 15.9 Å². The fraction of sp³-hybridized carbons (Fsp3) is 0.667. The number of carbonyl (C=O) groups is 2. The number of esters is 1. The number of alkyl halides is 1. The molecule has 0 atom stereocenters. The third-order valence-electron chi connectivity index (χ3n) is 1.21. The zero-order valence-corrected chi connectivity index (χ0v) is 10.5. The number of carbonyl (C=O) groups excluding carboxylic acids is 2. The average Bonchev–Trinajstić information content (AvgIpc) is 2.17. The Bertz CT molecular complexity index is 263. The predicted octanol–water partition coefficient (Wildman–Crippen LogP) is 1.29. The third-order valence-corrected chi connectivity index (χ3v) is 1.72. The molecule has 0 saturated heterocycles. The predicted molar refractivity (Wildman–Crippen MR) is 59.1 cm³/mol. The van der Waals surface area contributed by atoms with Gasteiger partial charge in [-0.2, -0.15) is 0 Å². The van der Waals surface area contributed by atoms with Crippen molar-refractivity contribution in [2.75, 3.05) is 11.9 Å². The maximum Gasteiger partial charge on any atom is 0.364 e. The maximum absolute atomic E-state index is 11.3. The lowest BCUT2D eigenvalue weighted by Gasteiger charge is -2.05. The summed E-state index contributed by atoms with van der Waals surface area (Å²) < 4.78 is 4.67. The van der Waals surface area contributed by atoms with Crippen molar-refractivity contribution in [3.63, 3.8) is 0 Å². The molecule has 0 N–H and O–H groups in total. The Balaban J connectivity index is 4.64. The molecule has 0 fully saturated rings. The van der Waals surface area contributed by atoms with Gasteiger partial charge in [-0.3, -0.25) is 4.79 Å². The second kappa shape index (κ2) is 7.39. The molecule has 0 radical (unpaired) electrons. The molecule has 0 bridgehead atoms. The smallest absolute Gasteiger partial charge is 0.364 e. The van der Waals surface area contributed by atoms with Crippen molar-refractivity contribution >= 4 is 33.4 Å². The second-order valence-corrected chi connectivity index (χ2v) is 3.43. The number of oxime groups is 1. The van der Waals surface area contributed by atoms with Gasteiger partial charge >= 0.3 is 5.97 Å². The number of Topliss-reactive ketones (excluding diaryl/α,β-unsaturated/α-hetero) is 1. The number of hydrogen-bond acceptors (Lipinski definition) is 5. The van der Waals surface area contributed by atoms with E-state index in [1.165, 1.54) is 0 Å². The summed E-state index contributed by atoms with van der Waals surface area (Å²) >= 11 is 2.95. The van der Waals surface area contributed by atoms with Gasteiger partial charge in [-0.15, -0.1) is 0 Å². The van der Waals surface area contributed by atoms with E-state index in [1.54, 1.807) is 20.8 Å². The van der Waals surface area contributed by atoms with Crippen molar-refractivity contribution in [1.82, 2.24) is 0 Å². The molecule has 0 aliphatic carbocycles. The number of ketones is 1. The molecule has 5 nitrogen and oxygen atoms in total. The van der Waals surface area contributed by atoms with Gasteiger partial charge in [-0.05, 0) is 20.8 Å². The molecule has 0 unspecified atom stereocenters. The lowest BCUT2D eigenvalue weighted by Crippen LogP contribution is -2.28. The number of nitrogens with zero attached hydrogens (tertiary/aromatic N) is 1. The zero-order valence-electron chi connectivity index (χ0n) is 8.95. The van der Waals surface area contributed by atoms with Gasteiger partial charge in [0.15, 0.2) is 0 Å². The Kier molecular flexibility index (Phi) is 6.94. The van der Waals surface area contributed by atoms with Crippen LogP contribution in [-0.4, -0.2) is 35.5 Å². The molecule has 0 heterocycles. The minimum atomic E-state index is -0.761. The van der Waals surface area contributed by atoms with Gasteiger partial charge in [0.25, 0.3) is 0 Å². The Morgan fingerprint density at radius 2 is 2.00 bits per heavy atom. The third kappa shape index (κ3) is 5.51. The summed E-state index contributed by atoms with van der Waals surface area (Å²) in [5.74, 6) is -1.23. The van der Waals surface area contributed by atoms with Crippen LogP contribution in [0.25, 0.3) is 0 Å². The van der Waals surface area contributed by atoms with Crippen LogP contribution in [0.2, 0.25) is 0 Å². The van der Waals surface area contributed by atoms with E-state index in [1.807, 2.05) is 0 Å². The van der Waals surface area contributed by atoms with Crippen molar-refractivity contribution in [2.45, 2.75) is 26.9 Å². The lowest BCUT2D eigenvalue weighted by atomic mass is 10.3. The Labute approximate surface area is 96.9 Å². The van der Waals surface area contributed by atoms with Crippen LogP contribution in [0, 0.1) is 0 Å². The number of rotatable bonds is 6. The first kappa shape index (κ1) is 14.1. The summed E-state index contributed by atoms with van der Waals surface area (Å²) in [6, 6.07) is 0. The molecule has 6 heteroatoms.